The van der Waals surface area contributed by atoms with E-state index in [2.05, 4.69) is 43.5 Å². The number of aliphatic hydroxyl groups excluding tert-OH is 2. The number of hydrogen-bond acceptors (Lipinski definition) is 5. The fourth-order valence-electron chi connectivity index (χ4n) is 9.73. The zero-order valence-corrected chi connectivity index (χ0v) is 46.6. The van der Waals surface area contributed by atoms with Gasteiger partial charge in [0.15, 0.2) is 0 Å². The zero-order chi connectivity index (χ0) is 50.0. The summed E-state index contributed by atoms with van der Waals surface area (Å²) in [6, 6.07) is -0.546. The summed E-state index contributed by atoms with van der Waals surface area (Å²) >= 11 is 0. The topological polar surface area (TPSA) is 95.9 Å². The van der Waals surface area contributed by atoms with Gasteiger partial charge in [-0.2, -0.15) is 0 Å². The third-order valence-corrected chi connectivity index (χ3v) is 14.5. The van der Waals surface area contributed by atoms with Crippen LogP contribution in [-0.4, -0.2) is 47.4 Å². The van der Waals surface area contributed by atoms with Crippen LogP contribution in [0.4, 0.5) is 0 Å². The summed E-state index contributed by atoms with van der Waals surface area (Å²) in [5.74, 6) is -0.0392. The van der Waals surface area contributed by atoms with Gasteiger partial charge in [0.1, 0.15) is 0 Å². The van der Waals surface area contributed by atoms with Gasteiger partial charge in [-0.15, -0.1) is 0 Å². The SMILES string of the molecule is CCCCCC/C=C\C/C=C\CCCCCCCCCC(=O)OCCCCCCCCCCCCCCCCCCCC(=O)NC(CO)C(O)CCCCCCCCCCCCCCCCCCC. The lowest BCUT2D eigenvalue weighted by Gasteiger charge is -2.22. The lowest BCUT2D eigenvalue weighted by molar-refractivity contribution is -0.143. The van der Waals surface area contributed by atoms with E-state index in [1.807, 2.05) is 0 Å². The van der Waals surface area contributed by atoms with Gasteiger partial charge in [-0.25, -0.2) is 0 Å². The molecule has 3 N–H and O–H groups in total. The van der Waals surface area contributed by atoms with Crippen molar-refractivity contribution in [3.63, 3.8) is 0 Å². The van der Waals surface area contributed by atoms with Gasteiger partial charge in [0.25, 0.3) is 0 Å². The van der Waals surface area contributed by atoms with E-state index in [1.165, 1.54) is 257 Å². The first-order valence-electron chi connectivity index (χ1n) is 31.1. The Morgan fingerprint density at radius 3 is 1.12 bits per heavy atom. The van der Waals surface area contributed by atoms with Crippen LogP contribution in [0.1, 0.15) is 341 Å². The van der Waals surface area contributed by atoms with Gasteiger partial charge in [-0.05, 0) is 57.8 Å². The molecule has 0 aliphatic rings. The highest BCUT2D eigenvalue weighted by Gasteiger charge is 2.20. The van der Waals surface area contributed by atoms with Crippen LogP contribution in [-0.2, 0) is 14.3 Å². The number of carbonyl (C=O) groups is 2. The molecule has 0 spiro atoms. The number of rotatable bonds is 58. The average Bonchev–Trinajstić information content (AvgIpc) is 3.35. The molecule has 0 fully saturated rings. The maximum Gasteiger partial charge on any atom is 0.305 e. The molecule has 0 saturated carbocycles. The molecule has 6 heteroatoms. The van der Waals surface area contributed by atoms with Crippen LogP contribution in [0.5, 0.6) is 0 Å². The van der Waals surface area contributed by atoms with Crippen LogP contribution >= 0.6 is 0 Å². The van der Waals surface area contributed by atoms with Gasteiger partial charge >= 0.3 is 5.97 Å². The van der Waals surface area contributed by atoms with Gasteiger partial charge in [0.2, 0.25) is 5.91 Å². The second-order valence-electron chi connectivity index (χ2n) is 21.4. The first-order valence-corrected chi connectivity index (χ1v) is 31.1. The van der Waals surface area contributed by atoms with Crippen molar-refractivity contribution in [2.45, 2.75) is 353 Å². The van der Waals surface area contributed by atoms with Crippen LogP contribution in [0.2, 0.25) is 0 Å². The Labute approximate surface area is 431 Å². The van der Waals surface area contributed by atoms with E-state index in [9.17, 15) is 19.8 Å². The molecule has 0 rings (SSSR count). The van der Waals surface area contributed by atoms with Crippen molar-refractivity contribution in [3.05, 3.63) is 24.3 Å². The lowest BCUT2D eigenvalue weighted by Crippen LogP contribution is -2.45. The number of nitrogens with one attached hydrogen (secondary N) is 1. The van der Waals surface area contributed by atoms with E-state index in [1.54, 1.807) is 0 Å². The average molecular weight is 973 g/mol. The van der Waals surface area contributed by atoms with Gasteiger partial charge in [0, 0.05) is 12.8 Å². The van der Waals surface area contributed by atoms with Crippen LogP contribution in [0.15, 0.2) is 24.3 Å². The minimum absolute atomic E-state index is 0.00127. The molecule has 2 unspecified atom stereocenters. The first kappa shape index (κ1) is 67.3. The van der Waals surface area contributed by atoms with E-state index < -0.39 is 12.1 Å². The third kappa shape index (κ3) is 55.5. The molecule has 0 heterocycles. The molecule has 69 heavy (non-hydrogen) atoms. The van der Waals surface area contributed by atoms with Crippen molar-refractivity contribution in [2.24, 2.45) is 0 Å². The Hall–Kier alpha value is -1.66. The second kappa shape index (κ2) is 58.9. The maximum absolute atomic E-state index is 12.5. The molecule has 0 aromatic heterocycles. The number of unbranched alkanes of at least 4 members (excludes halogenated alkanes) is 43. The standard InChI is InChI=1S/C63H121NO5/c1-3-5-7-9-11-13-15-17-19-21-25-29-33-37-41-45-49-53-57-63(68)69-58-54-50-46-42-38-34-30-26-22-24-28-32-36-40-44-48-52-56-62(67)64-60(59-65)61(66)55-51-47-43-39-35-31-27-23-20-18-16-14-12-10-8-6-4-2/h13,15,19,21,60-61,65-66H,3-12,14,16-18,20,22-59H2,1-2H3,(H,64,67)/b15-13-,21-19-. The summed E-state index contributed by atoms with van der Waals surface area (Å²) in [6.45, 7) is 4.95. The van der Waals surface area contributed by atoms with Crippen molar-refractivity contribution in [1.29, 1.82) is 0 Å². The second-order valence-corrected chi connectivity index (χ2v) is 21.4. The molecule has 2 atom stereocenters. The molecule has 0 radical (unpaired) electrons. The summed E-state index contributed by atoms with van der Waals surface area (Å²) < 4.78 is 5.49. The van der Waals surface area contributed by atoms with Crippen LogP contribution in [0, 0.1) is 0 Å². The summed E-state index contributed by atoms with van der Waals surface area (Å²) in [5, 5.41) is 23.3. The minimum Gasteiger partial charge on any atom is -0.466 e. The van der Waals surface area contributed by atoms with Crippen molar-refractivity contribution in [3.8, 4) is 0 Å². The normalized spacial score (nSPS) is 12.7. The van der Waals surface area contributed by atoms with E-state index in [-0.39, 0.29) is 18.5 Å². The van der Waals surface area contributed by atoms with Gasteiger partial charge < -0.3 is 20.3 Å². The molecular formula is C63H121NO5. The smallest absolute Gasteiger partial charge is 0.305 e. The predicted molar refractivity (Wildman–Crippen MR) is 301 cm³/mol. The van der Waals surface area contributed by atoms with Gasteiger partial charge in [0.05, 0.1) is 25.4 Å². The summed E-state index contributed by atoms with van der Waals surface area (Å²) in [5.41, 5.74) is 0. The van der Waals surface area contributed by atoms with E-state index in [0.29, 0.717) is 25.9 Å². The summed E-state index contributed by atoms with van der Waals surface area (Å²) in [7, 11) is 0. The molecule has 0 saturated heterocycles. The number of carbonyl (C=O) groups excluding carboxylic acids is 2. The predicted octanol–water partition coefficient (Wildman–Crippen LogP) is 19.4. The van der Waals surface area contributed by atoms with Crippen LogP contribution < -0.4 is 5.32 Å². The Bertz CT molecular complexity index is 1080. The Morgan fingerprint density at radius 1 is 0.406 bits per heavy atom. The fourth-order valence-corrected chi connectivity index (χ4v) is 9.73. The molecule has 408 valence electrons. The van der Waals surface area contributed by atoms with Gasteiger partial charge in [-0.1, -0.05) is 295 Å². The van der Waals surface area contributed by atoms with Crippen molar-refractivity contribution in [1.82, 2.24) is 5.32 Å². The van der Waals surface area contributed by atoms with Gasteiger partial charge in [-0.3, -0.25) is 9.59 Å². The van der Waals surface area contributed by atoms with E-state index >= 15 is 0 Å². The minimum atomic E-state index is -0.668. The highest BCUT2D eigenvalue weighted by molar-refractivity contribution is 5.76. The Balaban J connectivity index is 3.41. The van der Waals surface area contributed by atoms with E-state index in [0.717, 1.165) is 51.4 Å². The fraction of sp³-hybridized carbons (Fsp3) is 0.905. The zero-order valence-electron chi connectivity index (χ0n) is 46.6. The first-order chi connectivity index (χ1) is 34.0. The number of esters is 1. The molecular weight excluding hydrogens is 851 g/mol. The molecule has 0 aliphatic carbocycles. The maximum atomic E-state index is 12.5. The number of aliphatic hydroxyl groups is 2. The summed E-state index contributed by atoms with van der Waals surface area (Å²) in [6.07, 6.45) is 71.7. The van der Waals surface area contributed by atoms with Crippen LogP contribution in [0.3, 0.4) is 0 Å². The van der Waals surface area contributed by atoms with Crippen molar-refractivity contribution >= 4 is 11.9 Å². The molecule has 1 amide bonds. The molecule has 0 bridgehead atoms. The highest BCUT2D eigenvalue weighted by atomic mass is 16.5. The van der Waals surface area contributed by atoms with E-state index in [4.69, 9.17) is 4.74 Å². The number of amides is 1. The van der Waals surface area contributed by atoms with Crippen molar-refractivity contribution in [2.75, 3.05) is 13.2 Å². The Morgan fingerprint density at radius 2 is 0.725 bits per heavy atom. The summed E-state index contributed by atoms with van der Waals surface area (Å²) in [4.78, 5) is 24.6. The number of ether oxygens (including phenoxy) is 1. The number of allylic oxidation sites excluding steroid dienone is 4. The third-order valence-electron chi connectivity index (χ3n) is 14.5. The largest absolute Gasteiger partial charge is 0.466 e. The number of hydrogen-bond donors (Lipinski definition) is 3. The Kier molecular flexibility index (Phi) is 57.5. The van der Waals surface area contributed by atoms with Crippen LogP contribution in [0.25, 0.3) is 0 Å². The highest BCUT2D eigenvalue weighted by Crippen LogP contribution is 2.18. The van der Waals surface area contributed by atoms with Crippen molar-refractivity contribution < 1.29 is 24.5 Å². The molecule has 0 aliphatic heterocycles. The quantitative estimate of drug-likeness (QED) is 0.0321. The monoisotopic (exact) mass is 972 g/mol. The molecule has 6 nitrogen and oxygen atoms in total. The molecule has 0 aromatic rings. The molecule has 0 aromatic carbocycles. The lowest BCUT2D eigenvalue weighted by atomic mass is 10.0.